The van der Waals surface area contributed by atoms with E-state index in [9.17, 15) is 4.39 Å². The number of hydrogen-bond acceptors (Lipinski definition) is 2. The highest BCUT2D eigenvalue weighted by Crippen LogP contribution is 2.17. The van der Waals surface area contributed by atoms with E-state index in [1.165, 1.54) is 6.07 Å². The first-order valence-corrected chi connectivity index (χ1v) is 5.83. The van der Waals surface area contributed by atoms with E-state index in [-0.39, 0.29) is 10.8 Å². The SMILES string of the molecule is COCCNCC(C)=Cc1ccc(Cl)c(F)c1. The Morgan fingerprint density at radius 1 is 1.53 bits per heavy atom. The van der Waals surface area contributed by atoms with Crippen LogP contribution in [-0.2, 0) is 4.74 Å². The molecule has 0 aliphatic rings. The van der Waals surface area contributed by atoms with Crippen molar-refractivity contribution in [2.75, 3.05) is 26.8 Å². The molecule has 0 unspecified atom stereocenters. The van der Waals surface area contributed by atoms with Crippen molar-refractivity contribution >= 4 is 17.7 Å². The summed E-state index contributed by atoms with van der Waals surface area (Å²) in [5.74, 6) is -0.388. The zero-order valence-electron chi connectivity index (χ0n) is 10.1. The van der Waals surface area contributed by atoms with E-state index < -0.39 is 0 Å². The summed E-state index contributed by atoms with van der Waals surface area (Å²) in [6.45, 7) is 4.24. The fourth-order valence-electron chi connectivity index (χ4n) is 1.40. The molecule has 1 N–H and O–H groups in total. The lowest BCUT2D eigenvalue weighted by molar-refractivity contribution is 0.200. The van der Waals surface area contributed by atoms with E-state index in [1.807, 2.05) is 13.0 Å². The average Bonchev–Trinajstić information content (AvgIpc) is 2.30. The highest BCUT2D eigenvalue weighted by molar-refractivity contribution is 6.30. The van der Waals surface area contributed by atoms with Crippen molar-refractivity contribution in [3.05, 3.63) is 40.2 Å². The molecule has 0 amide bonds. The highest BCUT2D eigenvalue weighted by Gasteiger charge is 1.99. The van der Waals surface area contributed by atoms with E-state index in [0.29, 0.717) is 6.61 Å². The number of nitrogens with one attached hydrogen (secondary N) is 1. The molecule has 0 fully saturated rings. The lowest BCUT2D eigenvalue weighted by atomic mass is 10.1. The molecule has 0 saturated carbocycles. The minimum Gasteiger partial charge on any atom is -0.383 e. The Kier molecular flexibility index (Phi) is 6.19. The third-order valence-electron chi connectivity index (χ3n) is 2.24. The summed E-state index contributed by atoms with van der Waals surface area (Å²) in [5.41, 5.74) is 1.95. The Morgan fingerprint density at radius 2 is 2.29 bits per heavy atom. The second-order valence-electron chi connectivity index (χ2n) is 3.83. The molecular weight excluding hydrogens is 241 g/mol. The summed E-state index contributed by atoms with van der Waals surface area (Å²) in [4.78, 5) is 0. The minimum atomic E-state index is -0.388. The smallest absolute Gasteiger partial charge is 0.142 e. The first-order valence-electron chi connectivity index (χ1n) is 5.45. The van der Waals surface area contributed by atoms with Crippen LogP contribution in [0.15, 0.2) is 23.8 Å². The first kappa shape index (κ1) is 14.2. The number of rotatable bonds is 6. The summed E-state index contributed by atoms with van der Waals surface area (Å²) >= 11 is 5.61. The van der Waals surface area contributed by atoms with Crippen LogP contribution < -0.4 is 5.32 Å². The number of benzene rings is 1. The number of methoxy groups -OCH3 is 1. The Hall–Kier alpha value is -0.900. The quantitative estimate of drug-likeness (QED) is 0.791. The second-order valence-corrected chi connectivity index (χ2v) is 4.24. The molecule has 0 saturated heterocycles. The van der Waals surface area contributed by atoms with Crippen LogP contribution in [0.25, 0.3) is 6.08 Å². The molecule has 0 aliphatic carbocycles. The molecule has 0 heterocycles. The van der Waals surface area contributed by atoms with Crippen LogP contribution in [0, 0.1) is 5.82 Å². The molecule has 1 aromatic carbocycles. The summed E-state index contributed by atoms with van der Waals surface area (Å²) in [6, 6.07) is 4.79. The number of ether oxygens (including phenoxy) is 1. The van der Waals surface area contributed by atoms with Gasteiger partial charge in [-0.3, -0.25) is 0 Å². The molecule has 1 aromatic rings. The summed E-state index contributed by atoms with van der Waals surface area (Å²) in [6.07, 6.45) is 1.93. The largest absolute Gasteiger partial charge is 0.383 e. The van der Waals surface area contributed by atoms with Gasteiger partial charge in [0.15, 0.2) is 0 Å². The topological polar surface area (TPSA) is 21.3 Å². The van der Waals surface area contributed by atoms with Crippen LogP contribution in [0.3, 0.4) is 0 Å². The van der Waals surface area contributed by atoms with Gasteiger partial charge in [-0.25, -0.2) is 4.39 Å². The molecule has 0 atom stereocenters. The maximum absolute atomic E-state index is 13.2. The van der Waals surface area contributed by atoms with Gasteiger partial charge in [-0.15, -0.1) is 0 Å². The van der Waals surface area contributed by atoms with Crippen molar-refractivity contribution in [1.29, 1.82) is 0 Å². The first-order chi connectivity index (χ1) is 8.13. The molecule has 94 valence electrons. The number of hydrogen-bond donors (Lipinski definition) is 1. The van der Waals surface area contributed by atoms with E-state index >= 15 is 0 Å². The third kappa shape index (κ3) is 5.31. The van der Waals surface area contributed by atoms with E-state index in [4.69, 9.17) is 16.3 Å². The van der Waals surface area contributed by atoms with Gasteiger partial charge in [-0.1, -0.05) is 29.3 Å². The van der Waals surface area contributed by atoms with Gasteiger partial charge >= 0.3 is 0 Å². The van der Waals surface area contributed by atoms with Gasteiger partial charge in [0.2, 0.25) is 0 Å². The Labute approximate surface area is 106 Å². The van der Waals surface area contributed by atoms with Gasteiger partial charge in [0, 0.05) is 20.2 Å². The zero-order valence-corrected chi connectivity index (χ0v) is 10.9. The van der Waals surface area contributed by atoms with Crippen LogP contribution in [0.1, 0.15) is 12.5 Å². The lowest BCUT2D eigenvalue weighted by Crippen LogP contribution is -2.20. The Balaban J connectivity index is 2.52. The van der Waals surface area contributed by atoms with Crippen LogP contribution in [-0.4, -0.2) is 26.8 Å². The molecule has 0 aliphatic heterocycles. The minimum absolute atomic E-state index is 0.151. The highest BCUT2D eigenvalue weighted by atomic mass is 35.5. The van der Waals surface area contributed by atoms with Crippen molar-refractivity contribution in [3.63, 3.8) is 0 Å². The standard InChI is InChI=1S/C13H17ClFNO/c1-10(9-16-5-6-17-2)7-11-3-4-12(14)13(15)8-11/h3-4,7-8,16H,5-6,9H2,1-2H3. The van der Waals surface area contributed by atoms with Gasteiger partial charge in [0.25, 0.3) is 0 Å². The fraction of sp³-hybridized carbons (Fsp3) is 0.385. The van der Waals surface area contributed by atoms with Crippen LogP contribution in [0.2, 0.25) is 5.02 Å². The predicted octanol–water partition coefficient (Wildman–Crippen LogP) is 3.12. The molecule has 4 heteroatoms. The predicted molar refractivity (Wildman–Crippen MR) is 69.8 cm³/mol. The van der Waals surface area contributed by atoms with E-state index in [0.717, 1.165) is 24.2 Å². The molecule has 0 aromatic heterocycles. The molecule has 1 rings (SSSR count). The van der Waals surface area contributed by atoms with Crippen LogP contribution in [0.4, 0.5) is 4.39 Å². The van der Waals surface area contributed by atoms with E-state index in [1.54, 1.807) is 19.2 Å². The molecule has 0 radical (unpaired) electrons. The molecule has 0 spiro atoms. The van der Waals surface area contributed by atoms with Crippen molar-refractivity contribution in [3.8, 4) is 0 Å². The molecular formula is C13H17ClFNO. The van der Waals surface area contributed by atoms with Crippen LogP contribution >= 0.6 is 11.6 Å². The van der Waals surface area contributed by atoms with Crippen molar-refractivity contribution in [2.24, 2.45) is 0 Å². The van der Waals surface area contributed by atoms with Gasteiger partial charge in [0.05, 0.1) is 11.6 Å². The van der Waals surface area contributed by atoms with Crippen molar-refractivity contribution in [2.45, 2.75) is 6.92 Å². The van der Waals surface area contributed by atoms with E-state index in [2.05, 4.69) is 5.32 Å². The molecule has 17 heavy (non-hydrogen) atoms. The Bertz CT molecular complexity index is 393. The van der Waals surface area contributed by atoms with Gasteiger partial charge in [0.1, 0.15) is 5.82 Å². The Morgan fingerprint density at radius 3 is 2.94 bits per heavy atom. The lowest BCUT2D eigenvalue weighted by Gasteiger charge is -2.04. The monoisotopic (exact) mass is 257 g/mol. The van der Waals surface area contributed by atoms with Crippen molar-refractivity contribution < 1.29 is 9.13 Å². The summed E-state index contributed by atoms with van der Waals surface area (Å²) in [5, 5.41) is 3.37. The van der Waals surface area contributed by atoms with Crippen molar-refractivity contribution in [1.82, 2.24) is 5.32 Å². The molecule has 0 bridgehead atoms. The molecule has 2 nitrogen and oxygen atoms in total. The normalized spacial score (nSPS) is 11.9. The zero-order chi connectivity index (χ0) is 12.7. The third-order valence-corrected chi connectivity index (χ3v) is 2.55. The van der Waals surface area contributed by atoms with Gasteiger partial charge in [-0.2, -0.15) is 0 Å². The average molecular weight is 258 g/mol. The van der Waals surface area contributed by atoms with Crippen LogP contribution in [0.5, 0.6) is 0 Å². The fourth-order valence-corrected chi connectivity index (χ4v) is 1.52. The summed E-state index contributed by atoms with van der Waals surface area (Å²) < 4.78 is 18.1. The maximum Gasteiger partial charge on any atom is 0.142 e. The maximum atomic E-state index is 13.2. The summed E-state index contributed by atoms with van der Waals surface area (Å²) in [7, 11) is 1.67. The van der Waals surface area contributed by atoms with Gasteiger partial charge in [-0.05, 0) is 24.6 Å². The number of halogens is 2. The van der Waals surface area contributed by atoms with Gasteiger partial charge < -0.3 is 10.1 Å². The second kappa shape index (κ2) is 7.43.